The Labute approximate surface area is 89.5 Å². The minimum Gasteiger partial charge on any atom is -0.308 e. The second-order valence-electron chi connectivity index (χ2n) is 3.69. The zero-order valence-electron chi connectivity index (χ0n) is 8.92. The Morgan fingerprint density at radius 3 is 1.60 bits per heavy atom. The normalized spacial score (nSPS) is 14.3. The highest BCUT2D eigenvalue weighted by Crippen LogP contribution is 2.30. The molecule has 0 heterocycles. The van der Waals surface area contributed by atoms with Gasteiger partial charge in [-0.15, -0.1) is 0 Å². The lowest BCUT2D eigenvalue weighted by Gasteiger charge is -2.22. The molecular weight excluding hydrogens is 249 g/mol. The van der Waals surface area contributed by atoms with Crippen molar-refractivity contribution < 1.29 is 25.5 Å². The highest BCUT2D eigenvalue weighted by atomic mass is 32.2. The lowest BCUT2D eigenvalue weighted by molar-refractivity contribution is -0.0502. The molecule has 0 atom stereocenters. The van der Waals surface area contributed by atoms with Gasteiger partial charge in [-0.3, -0.25) is 0 Å². The van der Waals surface area contributed by atoms with Crippen LogP contribution in [0.15, 0.2) is 0 Å². The Bertz CT molecular complexity index is 289. The SMILES string of the molecule is CC(C)[Si](OS(=O)(=O)C(F)(F)F)C(C)C. The second kappa shape index (κ2) is 4.83. The highest BCUT2D eigenvalue weighted by Gasteiger charge is 2.49. The van der Waals surface area contributed by atoms with Crippen molar-refractivity contribution in [2.24, 2.45) is 0 Å². The second-order valence-corrected chi connectivity index (χ2v) is 8.85. The van der Waals surface area contributed by atoms with Gasteiger partial charge in [0.2, 0.25) is 9.04 Å². The van der Waals surface area contributed by atoms with Crippen LogP contribution in [0.4, 0.5) is 13.2 Å². The first-order chi connectivity index (χ1) is 6.49. The minimum absolute atomic E-state index is 0.202. The first kappa shape index (κ1) is 14.9. The Hall–Kier alpha value is -0.0831. The van der Waals surface area contributed by atoms with Gasteiger partial charge in [0.25, 0.3) is 0 Å². The molecule has 0 aromatic rings. The third-order valence-corrected chi connectivity index (χ3v) is 6.12. The molecule has 0 amide bonds. The quantitative estimate of drug-likeness (QED) is 0.578. The molecule has 0 aromatic carbocycles. The molecule has 0 saturated heterocycles. The summed E-state index contributed by atoms with van der Waals surface area (Å²) in [5.41, 5.74) is -5.73. The van der Waals surface area contributed by atoms with Crippen molar-refractivity contribution in [1.82, 2.24) is 0 Å². The van der Waals surface area contributed by atoms with Gasteiger partial charge in [-0.25, -0.2) is 0 Å². The zero-order valence-corrected chi connectivity index (χ0v) is 10.7. The van der Waals surface area contributed by atoms with E-state index in [1.54, 1.807) is 27.7 Å². The monoisotopic (exact) mass is 263 g/mol. The van der Waals surface area contributed by atoms with Crippen LogP contribution in [0, 0.1) is 0 Å². The molecule has 8 heteroatoms. The van der Waals surface area contributed by atoms with E-state index in [9.17, 15) is 21.6 Å². The van der Waals surface area contributed by atoms with Gasteiger partial charge in [0, 0.05) is 0 Å². The van der Waals surface area contributed by atoms with Crippen LogP contribution in [0.1, 0.15) is 27.7 Å². The third kappa shape index (κ3) is 4.11. The van der Waals surface area contributed by atoms with Gasteiger partial charge < -0.3 is 3.87 Å². The smallest absolute Gasteiger partial charge is 0.308 e. The number of halogens is 3. The highest BCUT2D eigenvalue weighted by molar-refractivity contribution is 7.88. The van der Waals surface area contributed by atoms with Gasteiger partial charge in [-0.05, 0) is 11.1 Å². The average molecular weight is 263 g/mol. The van der Waals surface area contributed by atoms with Crippen LogP contribution in [-0.2, 0) is 14.0 Å². The lowest BCUT2D eigenvalue weighted by Crippen LogP contribution is -2.35. The van der Waals surface area contributed by atoms with Crippen molar-refractivity contribution in [2.75, 3.05) is 0 Å². The van der Waals surface area contributed by atoms with Crippen LogP contribution in [0.25, 0.3) is 0 Å². The van der Waals surface area contributed by atoms with E-state index in [4.69, 9.17) is 0 Å². The predicted octanol–water partition coefficient (Wildman–Crippen LogP) is 2.66. The van der Waals surface area contributed by atoms with Crippen molar-refractivity contribution in [3.8, 4) is 0 Å². The molecular formula is C7H14F3O3SSi. The summed E-state index contributed by atoms with van der Waals surface area (Å²) in [6.07, 6.45) is 0. The van der Waals surface area contributed by atoms with E-state index in [-0.39, 0.29) is 11.1 Å². The summed E-state index contributed by atoms with van der Waals surface area (Å²) < 4.78 is 61.8. The van der Waals surface area contributed by atoms with Crippen LogP contribution < -0.4 is 0 Å². The van der Waals surface area contributed by atoms with Crippen molar-refractivity contribution in [2.45, 2.75) is 44.3 Å². The fraction of sp³-hybridized carbons (Fsp3) is 1.00. The summed E-state index contributed by atoms with van der Waals surface area (Å²) in [7, 11) is -7.47. The van der Waals surface area contributed by atoms with Gasteiger partial charge in [0.1, 0.15) is 0 Å². The molecule has 0 saturated carbocycles. The lowest BCUT2D eigenvalue weighted by atomic mass is 10.5. The third-order valence-electron chi connectivity index (χ3n) is 1.63. The van der Waals surface area contributed by atoms with E-state index < -0.39 is 24.7 Å². The predicted molar refractivity (Wildman–Crippen MR) is 52.0 cm³/mol. The molecule has 0 rings (SSSR count). The van der Waals surface area contributed by atoms with Gasteiger partial charge in [-0.1, -0.05) is 27.7 Å². The van der Waals surface area contributed by atoms with E-state index in [2.05, 4.69) is 3.87 Å². The topological polar surface area (TPSA) is 43.4 Å². The van der Waals surface area contributed by atoms with Crippen molar-refractivity contribution in [3.05, 3.63) is 0 Å². The average Bonchev–Trinajstić information content (AvgIpc) is 1.96. The summed E-state index contributed by atoms with van der Waals surface area (Å²) in [5, 5.41) is 0. The molecule has 1 radical (unpaired) electrons. The number of rotatable bonds is 4. The molecule has 0 aromatic heterocycles. The number of hydrogen-bond donors (Lipinski definition) is 0. The summed E-state index contributed by atoms with van der Waals surface area (Å²) in [4.78, 5) is 0. The summed E-state index contributed by atoms with van der Waals surface area (Å²) >= 11 is 0. The van der Waals surface area contributed by atoms with Crippen molar-refractivity contribution >= 4 is 19.2 Å². The van der Waals surface area contributed by atoms with E-state index in [1.807, 2.05) is 0 Å². The van der Waals surface area contributed by atoms with Gasteiger partial charge in [0.15, 0.2) is 0 Å². The summed E-state index contributed by atoms with van der Waals surface area (Å²) in [6.45, 7) is 6.61. The molecule has 0 bridgehead atoms. The first-order valence-electron chi connectivity index (χ1n) is 4.36. The summed E-state index contributed by atoms with van der Waals surface area (Å²) in [5.74, 6) is 0. The van der Waals surface area contributed by atoms with Crippen LogP contribution in [0.2, 0.25) is 11.1 Å². The first-order valence-corrected chi connectivity index (χ1v) is 7.33. The van der Waals surface area contributed by atoms with E-state index in [1.165, 1.54) is 0 Å². The molecule has 0 fully saturated rings. The fourth-order valence-corrected chi connectivity index (χ4v) is 5.30. The number of alkyl halides is 3. The van der Waals surface area contributed by atoms with E-state index in [0.29, 0.717) is 0 Å². The van der Waals surface area contributed by atoms with Gasteiger partial charge in [-0.2, -0.15) is 21.6 Å². The molecule has 3 nitrogen and oxygen atoms in total. The van der Waals surface area contributed by atoms with Gasteiger partial charge in [0.05, 0.1) is 0 Å². The Morgan fingerprint density at radius 1 is 1.07 bits per heavy atom. The van der Waals surface area contributed by atoms with E-state index >= 15 is 0 Å². The molecule has 0 spiro atoms. The van der Waals surface area contributed by atoms with Crippen molar-refractivity contribution in [3.63, 3.8) is 0 Å². The maximum Gasteiger partial charge on any atom is 0.522 e. The maximum absolute atomic E-state index is 12.0. The van der Waals surface area contributed by atoms with Gasteiger partial charge >= 0.3 is 15.6 Å². The van der Waals surface area contributed by atoms with Crippen molar-refractivity contribution in [1.29, 1.82) is 0 Å². The minimum atomic E-state index is -5.44. The molecule has 0 aliphatic rings. The van der Waals surface area contributed by atoms with Crippen LogP contribution in [0.5, 0.6) is 0 Å². The van der Waals surface area contributed by atoms with Crippen LogP contribution in [0.3, 0.4) is 0 Å². The Morgan fingerprint density at radius 2 is 1.40 bits per heavy atom. The van der Waals surface area contributed by atoms with Crippen LogP contribution in [-0.4, -0.2) is 23.0 Å². The molecule has 0 unspecified atom stereocenters. The number of hydrogen-bond acceptors (Lipinski definition) is 3. The summed E-state index contributed by atoms with van der Waals surface area (Å²) in [6, 6.07) is 0. The molecule has 91 valence electrons. The van der Waals surface area contributed by atoms with E-state index in [0.717, 1.165) is 0 Å². The zero-order chi connectivity index (χ0) is 12.4. The fourth-order valence-electron chi connectivity index (χ4n) is 1.03. The maximum atomic E-state index is 12.0. The Kier molecular flexibility index (Phi) is 4.81. The molecule has 15 heavy (non-hydrogen) atoms. The standard InChI is InChI=1S/C7H14F3O3SSi/c1-5(2)15(6(3)4)13-14(11,12)7(8,9)10/h5-6H,1-4H3. The van der Waals surface area contributed by atoms with Crippen LogP contribution >= 0.6 is 0 Å². The molecule has 0 aliphatic carbocycles. The Balaban J connectivity index is 4.85. The largest absolute Gasteiger partial charge is 0.522 e. The molecule has 0 aliphatic heterocycles. The molecule has 0 N–H and O–H groups in total.